The Morgan fingerprint density at radius 3 is 2.42 bits per heavy atom. The Kier molecular flexibility index (Phi) is 6.91. The van der Waals surface area contributed by atoms with Gasteiger partial charge in [-0.15, -0.1) is 0 Å². The van der Waals surface area contributed by atoms with E-state index in [1.165, 1.54) is 16.4 Å². The van der Waals surface area contributed by atoms with Crippen molar-refractivity contribution in [3.05, 3.63) is 84.3 Å². The Balaban J connectivity index is 1.17. The maximum absolute atomic E-state index is 13.2. The molecule has 2 amide bonds. The molecule has 0 radical (unpaired) electrons. The molecule has 198 valence electrons. The molecule has 38 heavy (non-hydrogen) atoms. The molecule has 0 saturated carbocycles. The number of benzene rings is 3. The van der Waals surface area contributed by atoms with Crippen LogP contribution in [0.5, 0.6) is 0 Å². The summed E-state index contributed by atoms with van der Waals surface area (Å²) in [4.78, 5) is 31.2. The van der Waals surface area contributed by atoms with Crippen molar-refractivity contribution in [2.45, 2.75) is 36.3 Å². The largest absolute Gasteiger partial charge is 0.339 e. The molecule has 9 nitrogen and oxygen atoms in total. The average Bonchev–Trinajstić information content (AvgIpc) is 3.32. The monoisotopic (exact) mass is 538 g/mol. The van der Waals surface area contributed by atoms with Crippen LogP contribution in [0, 0.1) is 5.82 Å². The predicted octanol–water partition coefficient (Wildman–Crippen LogP) is 3.06. The molecule has 2 heterocycles. The summed E-state index contributed by atoms with van der Waals surface area (Å²) in [6.45, 7) is 1.91. The van der Waals surface area contributed by atoms with E-state index in [1.807, 2.05) is 36.4 Å². The third-order valence-corrected chi connectivity index (χ3v) is 8.71. The summed E-state index contributed by atoms with van der Waals surface area (Å²) in [5, 5.41) is 7.52. The van der Waals surface area contributed by atoms with Crippen molar-refractivity contribution in [3.8, 4) is 0 Å². The van der Waals surface area contributed by atoms with E-state index < -0.39 is 33.4 Å². The molecule has 1 fully saturated rings. The van der Waals surface area contributed by atoms with Gasteiger partial charge in [-0.25, -0.2) is 12.8 Å². The minimum absolute atomic E-state index is 0.0203. The SMILES string of the molecule is CC(NC(=O)C1=CC2(CCN(S(=O)(=O)c3ccc(F)cc3)CC2)ON1)C(=O)Nc1ccc2ccccc2c1. The lowest BCUT2D eigenvalue weighted by Crippen LogP contribution is -2.46. The number of piperidine rings is 1. The van der Waals surface area contributed by atoms with Crippen LogP contribution in [0.25, 0.3) is 10.8 Å². The number of hydrogen-bond donors (Lipinski definition) is 3. The number of hydrogen-bond acceptors (Lipinski definition) is 6. The highest BCUT2D eigenvalue weighted by Crippen LogP contribution is 2.34. The molecule has 0 bridgehead atoms. The highest BCUT2D eigenvalue weighted by molar-refractivity contribution is 7.89. The van der Waals surface area contributed by atoms with E-state index in [9.17, 15) is 22.4 Å². The van der Waals surface area contributed by atoms with Gasteiger partial charge in [-0.2, -0.15) is 4.31 Å². The van der Waals surface area contributed by atoms with Gasteiger partial charge < -0.3 is 10.6 Å². The van der Waals surface area contributed by atoms with Crippen molar-refractivity contribution < 1.29 is 27.2 Å². The summed E-state index contributed by atoms with van der Waals surface area (Å²) in [7, 11) is -3.77. The van der Waals surface area contributed by atoms with Crippen LogP contribution >= 0.6 is 0 Å². The molecule has 1 saturated heterocycles. The first-order valence-corrected chi connectivity index (χ1v) is 13.6. The molecule has 2 aliphatic heterocycles. The molecule has 3 aromatic carbocycles. The molecule has 11 heteroatoms. The standard InChI is InChI=1S/C27H27FN4O5S/c1-18(25(33)30-22-9-6-19-4-2-3-5-20(19)16-22)29-26(34)24-17-27(37-31-24)12-14-32(15-13-27)38(35,36)23-10-7-21(28)8-11-23/h2-11,16-18,31H,12-15H2,1H3,(H,29,34)(H,30,33). The van der Waals surface area contributed by atoms with Crippen molar-refractivity contribution in [2.75, 3.05) is 18.4 Å². The van der Waals surface area contributed by atoms with Gasteiger partial charge in [-0.05, 0) is 73.0 Å². The van der Waals surface area contributed by atoms with E-state index in [4.69, 9.17) is 4.84 Å². The van der Waals surface area contributed by atoms with Gasteiger partial charge in [0.25, 0.3) is 5.91 Å². The summed E-state index contributed by atoms with van der Waals surface area (Å²) in [6.07, 6.45) is 2.27. The normalized spacial score (nSPS) is 18.0. The molecule has 3 aromatic rings. The Morgan fingerprint density at radius 1 is 1.03 bits per heavy atom. The van der Waals surface area contributed by atoms with Crippen LogP contribution in [0.4, 0.5) is 10.1 Å². The summed E-state index contributed by atoms with van der Waals surface area (Å²) in [5.74, 6) is -1.39. The van der Waals surface area contributed by atoms with Crippen LogP contribution in [0.3, 0.4) is 0 Å². The fourth-order valence-electron chi connectivity index (χ4n) is 4.56. The molecule has 2 aliphatic rings. The van der Waals surface area contributed by atoms with Gasteiger partial charge in [0.05, 0.1) is 4.90 Å². The number of anilines is 1. The summed E-state index contributed by atoms with van der Waals surface area (Å²) >= 11 is 0. The number of sulfonamides is 1. The van der Waals surface area contributed by atoms with Crippen LogP contribution in [0.15, 0.2) is 83.4 Å². The molecular formula is C27H27FN4O5S. The maximum Gasteiger partial charge on any atom is 0.270 e. The van der Waals surface area contributed by atoms with Gasteiger partial charge >= 0.3 is 0 Å². The molecule has 1 atom stereocenters. The number of halogens is 1. The number of rotatable bonds is 6. The third kappa shape index (κ3) is 5.26. The van der Waals surface area contributed by atoms with E-state index in [-0.39, 0.29) is 29.6 Å². The van der Waals surface area contributed by atoms with Gasteiger partial charge in [-0.3, -0.25) is 19.9 Å². The maximum atomic E-state index is 13.2. The molecular weight excluding hydrogens is 511 g/mol. The van der Waals surface area contributed by atoms with Gasteiger partial charge in [0, 0.05) is 18.8 Å². The minimum Gasteiger partial charge on any atom is -0.339 e. The second kappa shape index (κ2) is 10.2. The van der Waals surface area contributed by atoms with Gasteiger partial charge in [0.2, 0.25) is 15.9 Å². The first-order chi connectivity index (χ1) is 18.1. The van der Waals surface area contributed by atoms with E-state index in [2.05, 4.69) is 16.1 Å². The second-order valence-corrected chi connectivity index (χ2v) is 11.4. The first kappa shape index (κ1) is 25.8. The molecule has 5 rings (SSSR count). The van der Waals surface area contributed by atoms with Crippen molar-refractivity contribution in [3.63, 3.8) is 0 Å². The topological polar surface area (TPSA) is 117 Å². The number of nitrogens with one attached hydrogen (secondary N) is 3. The van der Waals surface area contributed by atoms with Crippen LogP contribution in [-0.2, 0) is 24.4 Å². The predicted molar refractivity (Wildman–Crippen MR) is 140 cm³/mol. The molecule has 0 aliphatic carbocycles. The lowest BCUT2D eigenvalue weighted by atomic mass is 9.92. The van der Waals surface area contributed by atoms with Gasteiger partial charge in [0.15, 0.2) is 0 Å². The zero-order valence-corrected chi connectivity index (χ0v) is 21.4. The average molecular weight is 539 g/mol. The first-order valence-electron chi connectivity index (χ1n) is 12.2. The smallest absolute Gasteiger partial charge is 0.270 e. The van der Waals surface area contributed by atoms with E-state index in [0.29, 0.717) is 18.5 Å². The van der Waals surface area contributed by atoms with E-state index in [0.717, 1.165) is 22.9 Å². The summed E-state index contributed by atoms with van der Waals surface area (Å²) in [5.41, 5.74) is 2.56. The quantitative estimate of drug-likeness (QED) is 0.444. The zero-order valence-electron chi connectivity index (χ0n) is 20.6. The number of nitrogens with zero attached hydrogens (tertiary/aromatic N) is 1. The Bertz CT molecular complexity index is 1520. The summed E-state index contributed by atoms with van der Waals surface area (Å²) < 4.78 is 40.3. The van der Waals surface area contributed by atoms with Crippen molar-refractivity contribution in [1.82, 2.24) is 15.1 Å². The minimum atomic E-state index is -3.77. The van der Waals surface area contributed by atoms with Crippen LogP contribution < -0.4 is 16.1 Å². The molecule has 1 unspecified atom stereocenters. The number of hydroxylamine groups is 1. The van der Waals surface area contributed by atoms with Gasteiger partial charge in [0.1, 0.15) is 23.2 Å². The lowest BCUT2D eigenvalue weighted by Gasteiger charge is -2.35. The highest BCUT2D eigenvalue weighted by Gasteiger charge is 2.43. The second-order valence-electron chi connectivity index (χ2n) is 9.43. The van der Waals surface area contributed by atoms with E-state index in [1.54, 1.807) is 19.1 Å². The van der Waals surface area contributed by atoms with Crippen molar-refractivity contribution in [1.29, 1.82) is 0 Å². The van der Waals surface area contributed by atoms with Crippen molar-refractivity contribution in [2.24, 2.45) is 0 Å². The number of amides is 2. The Morgan fingerprint density at radius 2 is 1.71 bits per heavy atom. The van der Waals surface area contributed by atoms with Crippen LogP contribution in [-0.4, -0.2) is 49.3 Å². The highest BCUT2D eigenvalue weighted by atomic mass is 32.2. The Labute approximate surface area is 219 Å². The Hall–Kier alpha value is -3.80. The fraction of sp³-hybridized carbons (Fsp3) is 0.259. The van der Waals surface area contributed by atoms with Gasteiger partial charge in [-0.1, -0.05) is 30.3 Å². The lowest BCUT2D eigenvalue weighted by molar-refractivity contribution is -0.125. The zero-order chi connectivity index (χ0) is 26.9. The summed E-state index contributed by atoms with van der Waals surface area (Å²) in [6, 6.07) is 17.2. The number of carbonyl (C=O) groups is 2. The molecule has 0 aromatic heterocycles. The van der Waals surface area contributed by atoms with Crippen LogP contribution in [0.1, 0.15) is 19.8 Å². The molecule has 1 spiro atoms. The fourth-order valence-corrected chi connectivity index (χ4v) is 6.00. The third-order valence-electron chi connectivity index (χ3n) is 6.79. The molecule has 3 N–H and O–H groups in total. The van der Waals surface area contributed by atoms with E-state index >= 15 is 0 Å². The number of carbonyl (C=O) groups excluding carboxylic acids is 2. The van der Waals surface area contributed by atoms with Crippen molar-refractivity contribution >= 4 is 38.3 Å². The number of fused-ring (bicyclic) bond motifs is 1. The van der Waals surface area contributed by atoms with Crippen LogP contribution in [0.2, 0.25) is 0 Å².